The van der Waals surface area contributed by atoms with E-state index >= 15 is 0 Å². The number of ketones is 2. The third-order valence-electron chi connectivity index (χ3n) is 3.71. The molecule has 3 nitrogen and oxygen atoms in total. The molecule has 0 unspecified atom stereocenters. The molecule has 3 aliphatic carbocycles. The summed E-state index contributed by atoms with van der Waals surface area (Å²) in [5.74, 6) is -1.06. The van der Waals surface area contributed by atoms with E-state index in [0.717, 1.165) is 5.57 Å². The molecule has 2 bridgehead atoms. The molecule has 0 spiro atoms. The lowest BCUT2D eigenvalue weighted by atomic mass is 9.62. The van der Waals surface area contributed by atoms with Gasteiger partial charge in [0.25, 0.3) is 0 Å². The molecule has 3 rings (SSSR count). The van der Waals surface area contributed by atoms with Crippen molar-refractivity contribution >= 4 is 11.6 Å². The molecular weight excluding hydrogens is 216 g/mol. The number of hydrogen-bond donors (Lipinski definition) is 0. The number of allylic oxidation sites excluding steroid dienone is 1. The minimum absolute atomic E-state index is 0.0452. The SMILES string of the molecule is CCO[C@H]1C[C@H]2C(=O)C(=O)[C@@H]1C=C2C(C)(C)C. The largest absolute Gasteiger partial charge is 0.377 e. The van der Waals surface area contributed by atoms with Crippen LogP contribution in [0.5, 0.6) is 0 Å². The third kappa shape index (κ3) is 1.97. The fraction of sp³-hybridized carbons (Fsp3) is 0.714. The molecule has 0 aromatic rings. The van der Waals surface area contributed by atoms with Crippen LogP contribution in [0.1, 0.15) is 34.1 Å². The second-order valence-electron chi connectivity index (χ2n) is 5.91. The Labute approximate surface area is 102 Å². The predicted molar refractivity (Wildman–Crippen MR) is 64.6 cm³/mol. The van der Waals surface area contributed by atoms with Crippen LogP contribution >= 0.6 is 0 Å². The molecule has 3 heteroatoms. The lowest BCUT2D eigenvalue weighted by Crippen LogP contribution is -2.50. The van der Waals surface area contributed by atoms with Gasteiger partial charge in [0.1, 0.15) is 0 Å². The van der Waals surface area contributed by atoms with Crippen LogP contribution < -0.4 is 0 Å². The van der Waals surface area contributed by atoms with Gasteiger partial charge in [0.15, 0.2) is 0 Å². The van der Waals surface area contributed by atoms with Gasteiger partial charge in [-0.15, -0.1) is 0 Å². The molecule has 1 fully saturated rings. The van der Waals surface area contributed by atoms with E-state index in [4.69, 9.17) is 4.74 Å². The van der Waals surface area contributed by atoms with Crippen molar-refractivity contribution in [3.8, 4) is 0 Å². The number of fused-ring (bicyclic) bond motifs is 2. The van der Waals surface area contributed by atoms with Crippen molar-refractivity contribution in [1.82, 2.24) is 0 Å². The monoisotopic (exact) mass is 236 g/mol. The second-order valence-corrected chi connectivity index (χ2v) is 5.91. The average molecular weight is 236 g/mol. The second kappa shape index (κ2) is 4.05. The van der Waals surface area contributed by atoms with E-state index in [1.54, 1.807) is 0 Å². The first-order valence-corrected chi connectivity index (χ1v) is 6.28. The Morgan fingerprint density at radius 3 is 2.47 bits per heavy atom. The Hall–Kier alpha value is -0.960. The minimum atomic E-state index is -0.346. The lowest BCUT2D eigenvalue weighted by Gasteiger charge is -2.43. The molecule has 3 atom stereocenters. The van der Waals surface area contributed by atoms with Gasteiger partial charge in [-0.05, 0) is 18.8 Å². The maximum atomic E-state index is 11.9. The van der Waals surface area contributed by atoms with Crippen molar-refractivity contribution < 1.29 is 14.3 Å². The van der Waals surface area contributed by atoms with Gasteiger partial charge in [-0.3, -0.25) is 9.59 Å². The molecular formula is C14H20O3. The van der Waals surface area contributed by atoms with E-state index in [-0.39, 0.29) is 34.9 Å². The summed E-state index contributed by atoms with van der Waals surface area (Å²) in [5, 5.41) is 0. The highest BCUT2D eigenvalue weighted by molar-refractivity contribution is 6.41. The summed E-state index contributed by atoms with van der Waals surface area (Å²) in [6.45, 7) is 8.78. The molecule has 0 radical (unpaired) electrons. The molecule has 0 amide bonds. The lowest BCUT2D eigenvalue weighted by molar-refractivity contribution is -0.149. The van der Waals surface area contributed by atoms with Crippen molar-refractivity contribution in [2.45, 2.75) is 40.2 Å². The van der Waals surface area contributed by atoms with Gasteiger partial charge in [-0.1, -0.05) is 32.4 Å². The Morgan fingerprint density at radius 2 is 1.94 bits per heavy atom. The van der Waals surface area contributed by atoms with Crippen LogP contribution in [-0.2, 0) is 14.3 Å². The van der Waals surface area contributed by atoms with E-state index in [9.17, 15) is 9.59 Å². The molecule has 0 saturated heterocycles. The van der Waals surface area contributed by atoms with Crippen LogP contribution in [0.25, 0.3) is 0 Å². The van der Waals surface area contributed by atoms with Crippen LogP contribution in [0.2, 0.25) is 0 Å². The van der Waals surface area contributed by atoms with Gasteiger partial charge in [0.2, 0.25) is 11.6 Å². The number of carbonyl (C=O) groups is 2. The van der Waals surface area contributed by atoms with Crippen LogP contribution in [0, 0.1) is 17.3 Å². The van der Waals surface area contributed by atoms with E-state index in [1.165, 1.54) is 0 Å². The van der Waals surface area contributed by atoms with Crippen LogP contribution in [0.3, 0.4) is 0 Å². The molecule has 94 valence electrons. The molecule has 17 heavy (non-hydrogen) atoms. The summed E-state index contributed by atoms with van der Waals surface area (Å²) < 4.78 is 5.58. The van der Waals surface area contributed by atoms with Crippen molar-refractivity contribution in [3.05, 3.63) is 11.6 Å². The summed E-state index contributed by atoms with van der Waals surface area (Å²) in [6, 6.07) is 0. The van der Waals surface area contributed by atoms with Crippen LogP contribution in [0.4, 0.5) is 0 Å². The number of ether oxygens (including phenoxy) is 1. The summed E-state index contributed by atoms with van der Waals surface area (Å²) >= 11 is 0. The van der Waals surface area contributed by atoms with E-state index in [0.29, 0.717) is 13.0 Å². The van der Waals surface area contributed by atoms with Gasteiger partial charge in [-0.25, -0.2) is 0 Å². The first-order chi connectivity index (χ1) is 7.86. The zero-order chi connectivity index (χ0) is 12.8. The Bertz CT molecular complexity index is 387. The minimum Gasteiger partial charge on any atom is -0.377 e. The molecule has 0 aromatic carbocycles. The average Bonchev–Trinajstić information content (AvgIpc) is 2.23. The number of hydrogen-bond acceptors (Lipinski definition) is 3. The smallest absolute Gasteiger partial charge is 0.208 e. The molecule has 0 aromatic heterocycles. The third-order valence-corrected chi connectivity index (χ3v) is 3.71. The normalized spacial score (nSPS) is 32.9. The van der Waals surface area contributed by atoms with E-state index in [2.05, 4.69) is 20.8 Å². The van der Waals surface area contributed by atoms with Crippen molar-refractivity contribution in [1.29, 1.82) is 0 Å². The highest BCUT2D eigenvalue weighted by Gasteiger charge is 2.50. The van der Waals surface area contributed by atoms with E-state index < -0.39 is 0 Å². The van der Waals surface area contributed by atoms with Crippen molar-refractivity contribution in [2.24, 2.45) is 17.3 Å². The number of rotatable bonds is 2. The van der Waals surface area contributed by atoms with Gasteiger partial charge in [0, 0.05) is 12.5 Å². The summed E-state index contributed by atoms with van der Waals surface area (Å²) in [6.07, 6.45) is 2.56. The topological polar surface area (TPSA) is 43.4 Å². The fourth-order valence-electron chi connectivity index (χ4n) is 2.91. The highest BCUT2D eigenvalue weighted by Crippen LogP contribution is 2.45. The van der Waals surface area contributed by atoms with Gasteiger partial charge in [0.05, 0.1) is 12.0 Å². The maximum absolute atomic E-state index is 11.9. The molecule has 0 aliphatic heterocycles. The highest BCUT2D eigenvalue weighted by atomic mass is 16.5. The Balaban J connectivity index is 2.37. The standard InChI is InChI=1S/C14H20O3/c1-5-17-11-7-8-10(14(2,3)4)6-9(11)13(16)12(8)15/h6,8-9,11H,5,7H2,1-4H3/t8-,9-,11+/m1/s1. The van der Waals surface area contributed by atoms with Crippen molar-refractivity contribution in [2.75, 3.05) is 6.61 Å². The van der Waals surface area contributed by atoms with Gasteiger partial charge < -0.3 is 4.74 Å². The predicted octanol–water partition coefficient (Wildman–Crippen LogP) is 2.15. The number of Topliss-reactive ketones (excluding diaryl/α,β-unsaturated/α-hetero) is 2. The maximum Gasteiger partial charge on any atom is 0.208 e. The molecule has 1 saturated carbocycles. The first kappa shape index (κ1) is 12.5. The van der Waals surface area contributed by atoms with Crippen LogP contribution in [-0.4, -0.2) is 24.3 Å². The Morgan fingerprint density at radius 1 is 1.29 bits per heavy atom. The summed E-state index contributed by atoms with van der Waals surface area (Å²) in [7, 11) is 0. The molecule has 3 aliphatic rings. The van der Waals surface area contributed by atoms with Gasteiger partial charge >= 0.3 is 0 Å². The van der Waals surface area contributed by atoms with Crippen molar-refractivity contribution in [3.63, 3.8) is 0 Å². The zero-order valence-electron chi connectivity index (χ0n) is 10.9. The summed E-state index contributed by atoms with van der Waals surface area (Å²) in [4.78, 5) is 23.8. The summed E-state index contributed by atoms with van der Waals surface area (Å²) in [5.41, 5.74) is 1.07. The Kier molecular flexibility index (Phi) is 2.98. The quantitative estimate of drug-likeness (QED) is 0.545. The molecule has 0 N–H and O–H groups in total. The fourth-order valence-corrected chi connectivity index (χ4v) is 2.91. The number of carbonyl (C=O) groups excluding carboxylic acids is 2. The zero-order valence-corrected chi connectivity index (χ0v) is 10.9. The molecule has 0 heterocycles. The first-order valence-electron chi connectivity index (χ1n) is 6.28. The van der Waals surface area contributed by atoms with Gasteiger partial charge in [-0.2, -0.15) is 0 Å². The van der Waals surface area contributed by atoms with E-state index in [1.807, 2.05) is 13.0 Å². The van der Waals surface area contributed by atoms with Crippen LogP contribution in [0.15, 0.2) is 11.6 Å².